The summed E-state index contributed by atoms with van der Waals surface area (Å²) in [5.41, 5.74) is 8.31. The predicted molar refractivity (Wildman–Crippen MR) is 125 cm³/mol. The summed E-state index contributed by atoms with van der Waals surface area (Å²) in [7, 11) is 0.656. The van der Waals surface area contributed by atoms with E-state index in [1.807, 2.05) is 24.0 Å². The smallest absolute Gasteiger partial charge is 0.232 e. The first-order valence-corrected chi connectivity index (χ1v) is 14.1. The van der Waals surface area contributed by atoms with Gasteiger partial charge >= 0.3 is 0 Å². The van der Waals surface area contributed by atoms with Crippen molar-refractivity contribution in [3.8, 4) is 22.8 Å². The minimum atomic E-state index is -1.19. The molecule has 0 amide bonds. The van der Waals surface area contributed by atoms with Crippen LogP contribution in [-0.2, 0) is 18.5 Å². The first-order chi connectivity index (χ1) is 15.2. The Morgan fingerprint density at radius 1 is 1.16 bits per heavy atom. The lowest BCUT2D eigenvalue weighted by Crippen LogP contribution is -2.22. The molecule has 4 aromatic rings. The molecule has 4 rings (SSSR count). The third kappa shape index (κ3) is 4.81. The first kappa shape index (κ1) is 22.0. The lowest BCUT2D eigenvalue weighted by atomic mass is 10.1. The summed E-state index contributed by atoms with van der Waals surface area (Å²) in [6, 6.07) is 5.35. The molecular formula is C22H27FN6O2Si. The van der Waals surface area contributed by atoms with Gasteiger partial charge < -0.3 is 19.8 Å². The molecule has 0 atom stereocenters. The number of ether oxygens (including phenoxy) is 2. The van der Waals surface area contributed by atoms with Crippen LogP contribution in [0.4, 0.5) is 10.1 Å². The quantitative estimate of drug-likeness (QED) is 0.236. The Bertz CT molecular complexity index is 1250. The molecule has 3 aromatic heterocycles. The Labute approximate surface area is 186 Å². The molecule has 0 radical (unpaired) electrons. The van der Waals surface area contributed by atoms with Crippen molar-refractivity contribution in [2.45, 2.75) is 32.4 Å². The van der Waals surface area contributed by atoms with Gasteiger partial charge in [0.05, 0.1) is 11.6 Å². The summed E-state index contributed by atoms with van der Waals surface area (Å²) in [6.45, 7) is 7.97. The van der Waals surface area contributed by atoms with Gasteiger partial charge in [-0.1, -0.05) is 19.6 Å². The van der Waals surface area contributed by atoms with Crippen molar-refractivity contribution < 1.29 is 13.9 Å². The first-order valence-electron chi connectivity index (χ1n) is 10.3. The number of nitrogens with zero attached hydrogens (tertiary/aromatic N) is 5. The van der Waals surface area contributed by atoms with Crippen LogP contribution >= 0.6 is 0 Å². The average Bonchev–Trinajstić information content (AvgIpc) is 3.31. The van der Waals surface area contributed by atoms with Gasteiger partial charge in [0.2, 0.25) is 5.88 Å². The molecule has 0 fully saturated rings. The summed E-state index contributed by atoms with van der Waals surface area (Å²) in [4.78, 5) is 8.75. The van der Waals surface area contributed by atoms with E-state index in [-0.39, 0.29) is 11.6 Å². The van der Waals surface area contributed by atoms with Crippen LogP contribution in [0, 0.1) is 5.82 Å². The van der Waals surface area contributed by atoms with Gasteiger partial charge in [-0.25, -0.2) is 14.4 Å². The largest absolute Gasteiger partial charge is 0.435 e. The zero-order valence-corrected chi connectivity index (χ0v) is 19.7. The number of fused-ring (bicyclic) bond motifs is 1. The zero-order valence-electron chi connectivity index (χ0n) is 18.7. The summed E-state index contributed by atoms with van der Waals surface area (Å²) in [5, 5.41) is 4.93. The molecule has 0 spiro atoms. The molecule has 0 bridgehead atoms. The molecule has 0 aliphatic carbocycles. The van der Waals surface area contributed by atoms with Gasteiger partial charge in [0.25, 0.3) is 0 Å². The molecule has 8 nitrogen and oxygen atoms in total. The third-order valence-electron chi connectivity index (χ3n) is 5.02. The van der Waals surface area contributed by atoms with Crippen LogP contribution in [0.5, 0.6) is 11.6 Å². The molecule has 0 saturated carbocycles. The molecule has 0 aliphatic rings. The van der Waals surface area contributed by atoms with Crippen LogP contribution in [0.2, 0.25) is 25.7 Å². The fourth-order valence-corrected chi connectivity index (χ4v) is 4.05. The van der Waals surface area contributed by atoms with E-state index in [0.29, 0.717) is 30.1 Å². The number of aryl methyl sites for hydroxylation is 1. The van der Waals surface area contributed by atoms with E-state index >= 15 is 0 Å². The van der Waals surface area contributed by atoms with Crippen molar-refractivity contribution in [1.82, 2.24) is 24.3 Å². The highest BCUT2D eigenvalue weighted by atomic mass is 28.3. The second kappa shape index (κ2) is 8.71. The minimum absolute atomic E-state index is 0.0375. The fourth-order valence-electron chi connectivity index (χ4n) is 3.30. The number of aromatic nitrogens is 5. The number of rotatable bonds is 8. The Balaban J connectivity index is 1.73. The number of nitrogens with two attached hydrogens (primary N) is 1. The van der Waals surface area contributed by atoms with Gasteiger partial charge in [0.15, 0.2) is 11.6 Å². The van der Waals surface area contributed by atoms with Gasteiger partial charge in [-0.15, -0.1) is 0 Å². The van der Waals surface area contributed by atoms with Gasteiger partial charge in [0, 0.05) is 57.0 Å². The van der Waals surface area contributed by atoms with Gasteiger partial charge in [0.1, 0.15) is 18.7 Å². The topological polar surface area (TPSA) is 93.0 Å². The van der Waals surface area contributed by atoms with E-state index in [0.717, 1.165) is 17.2 Å². The van der Waals surface area contributed by atoms with E-state index in [2.05, 4.69) is 34.7 Å². The normalized spacial score (nSPS) is 11.9. The summed E-state index contributed by atoms with van der Waals surface area (Å²) < 4.78 is 29.8. The van der Waals surface area contributed by atoms with Crippen molar-refractivity contribution in [1.29, 1.82) is 0 Å². The third-order valence-corrected chi connectivity index (χ3v) is 6.73. The van der Waals surface area contributed by atoms with Crippen LogP contribution in [0.25, 0.3) is 22.2 Å². The fraction of sp³-hybridized carbons (Fsp3) is 0.318. The van der Waals surface area contributed by atoms with E-state index in [1.54, 1.807) is 16.9 Å². The van der Waals surface area contributed by atoms with E-state index < -0.39 is 13.9 Å². The Hall–Kier alpha value is -3.24. The van der Waals surface area contributed by atoms with Crippen LogP contribution in [-0.4, -0.2) is 39.0 Å². The van der Waals surface area contributed by atoms with Crippen molar-refractivity contribution in [3.05, 3.63) is 48.9 Å². The van der Waals surface area contributed by atoms with Crippen LogP contribution in [0.1, 0.15) is 0 Å². The standard InChI is InChI=1S/C22H27FN6O2Si/c1-28-11-15(10-27-28)17-12-29(14-30-7-8-32(2,3)4)21-20(17)22(26-13-25-21)31-19-6-5-16(24)9-18(19)23/h5-6,9-13H,7-8,14,24H2,1-4H3. The number of hydrogen-bond acceptors (Lipinski definition) is 6. The predicted octanol–water partition coefficient (Wildman–Crippen LogP) is 4.66. The Morgan fingerprint density at radius 2 is 1.97 bits per heavy atom. The molecule has 3 heterocycles. The summed E-state index contributed by atoms with van der Waals surface area (Å²) >= 11 is 0. The second-order valence-electron chi connectivity index (χ2n) is 8.93. The van der Waals surface area contributed by atoms with Crippen LogP contribution in [0.3, 0.4) is 0 Å². The number of halogens is 1. The Kier molecular flexibility index (Phi) is 5.98. The van der Waals surface area contributed by atoms with E-state index in [1.165, 1.54) is 18.5 Å². The molecule has 1 aromatic carbocycles. The SMILES string of the molecule is Cn1cc(-c2cn(COCC[Si](C)(C)C)c3ncnc(Oc4ccc(N)cc4F)c23)cn1. The molecule has 168 valence electrons. The van der Waals surface area contributed by atoms with Crippen LogP contribution < -0.4 is 10.5 Å². The maximum atomic E-state index is 14.4. The average molecular weight is 455 g/mol. The highest BCUT2D eigenvalue weighted by Gasteiger charge is 2.20. The maximum Gasteiger partial charge on any atom is 0.232 e. The van der Waals surface area contributed by atoms with Crippen molar-refractivity contribution >= 4 is 24.8 Å². The number of benzene rings is 1. The molecule has 0 unspecified atom stereocenters. The van der Waals surface area contributed by atoms with Gasteiger partial charge in [-0.2, -0.15) is 5.10 Å². The highest BCUT2D eigenvalue weighted by Crippen LogP contribution is 2.37. The monoisotopic (exact) mass is 454 g/mol. The number of nitrogen functional groups attached to an aromatic ring is 1. The zero-order chi connectivity index (χ0) is 22.9. The number of anilines is 1. The lowest BCUT2D eigenvalue weighted by Gasteiger charge is -2.15. The number of hydrogen-bond donors (Lipinski definition) is 1. The minimum Gasteiger partial charge on any atom is -0.435 e. The van der Waals surface area contributed by atoms with Gasteiger partial charge in [-0.3, -0.25) is 4.68 Å². The molecule has 2 N–H and O–H groups in total. The van der Waals surface area contributed by atoms with Gasteiger partial charge in [-0.05, 0) is 18.2 Å². The molecule has 10 heteroatoms. The van der Waals surface area contributed by atoms with E-state index in [9.17, 15) is 4.39 Å². The molecule has 32 heavy (non-hydrogen) atoms. The highest BCUT2D eigenvalue weighted by molar-refractivity contribution is 6.76. The Morgan fingerprint density at radius 3 is 2.66 bits per heavy atom. The van der Waals surface area contributed by atoms with Crippen molar-refractivity contribution in [2.75, 3.05) is 12.3 Å². The maximum absolute atomic E-state index is 14.4. The van der Waals surface area contributed by atoms with Crippen molar-refractivity contribution in [2.24, 2.45) is 7.05 Å². The molecule has 0 saturated heterocycles. The van der Waals surface area contributed by atoms with E-state index in [4.69, 9.17) is 15.2 Å². The molecular weight excluding hydrogens is 427 g/mol. The van der Waals surface area contributed by atoms with Crippen LogP contribution in [0.15, 0.2) is 43.1 Å². The lowest BCUT2D eigenvalue weighted by molar-refractivity contribution is 0.0899. The summed E-state index contributed by atoms with van der Waals surface area (Å²) in [5.74, 6) is -0.275. The second-order valence-corrected chi connectivity index (χ2v) is 14.6. The molecule has 0 aliphatic heterocycles. The van der Waals surface area contributed by atoms with Crippen molar-refractivity contribution in [3.63, 3.8) is 0 Å². The summed E-state index contributed by atoms with van der Waals surface area (Å²) in [6.07, 6.45) is 6.99.